The molecule has 0 spiro atoms. The molecule has 23 heavy (non-hydrogen) atoms. The maximum Gasteiger partial charge on any atom is 0.132 e. The predicted molar refractivity (Wildman–Crippen MR) is 87.2 cm³/mol. The van der Waals surface area contributed by atoms with Crippen LogP contribution in [-0.2, 0) is 10.2 Å². The minimum Gasteiger partial charge on any atom is -0.396 e. The fourth-order valence-electron chi connectivity index (χ4n) is 5.16. The molecule has 1 aromatic rings. The third-order valence-corrected chi connectivity index (χ3v) is 6.50. The lowest BCUT2D eigenvalue weighted by Gasteiger charge is -2.33. The van der Waals surface area contributed by atoms with Crippen molar-refractivity contribution in [2.75, 3.05) is 39.5 Å². The van der Waals surface area contributed by atoms with Crippen molar-refractivity contribution in [2.45, 2.75) is 36.8 Å². The number of hydrogen-bond acceptors (Lipinski definition) is 3. The lowest BCUT2D eigenvalue weighted by atomic mass is 9.79. The van der Waals surface area contributed by atoms with Crippen LogP contribution < -0.4 is 0 Å². The summed E-state index contributed by atoms with van der Waals surface area (Å²) in [5, 5.41) is 9.86. The highest BCUT2D eigenvalue weighted by Gasteiger charge is 2.61. The smallest absolute Gasteiger partial charge is 0.132 e. The largest absolute Gasteiger partial charge is 0.396 e. The van der Waals surface area contributed by atoms with Gasteiger partial charge in [-0.15, -0.1) is 0 Å². The Morgan fingerprint density at radius 3 is 2.61 bits per heavy atom. The first-order chi connectivity index (χ1) is 11.1. The van der Waals surface area contributed by atoms with Crippen molar-refractivity contribution in [1.29, 1.82) is 0 Å². The first kappa shape index (κ1) is 15.6. The molecular formula is C19H26FNO2. The van der Waals surface area contributed by atoms with Crippen LogP contribution in [-0.4, -0.2) is 55.1 Å². The number of rotatable bonds is 4. The van der Waals surface area contributed by atoms with E-state index in [2.05, 4.69) is 29.2 Å². The maximum absolute atomic E-state index is 15.4. The molecule has 1 saturated carbocycles. The highest BCUT2D eigenvalue weighted by atomic mass is 19.1. The molecule has 126 valence electrons. The van der Waals surface area contributed by atoms with Gasteiger partial charge in [0, 0.05) is 37.1 Å². The van der Waals surface area contributed by atoms with Crippen LogP contribution in [0.25, 0.3) is 0 Å². The molecule has 0 radical (unpaired) electrons. The molecule has 4 heteroatoms. The molecule has 1 unspecified atom stereocenters. The van der Waals surface area contributed by atoms with Crippen molar-refractivity contribution in [3.63, 3.8) is 0 Å². The average molecular weight is 319 g/mol. The van der Waals surface area contributed by atoms with Gasteiger partial charge in [0.05, 0.1) is 13.2 Å². The predicted octanol–water partition coefficient (Wildman–Crippen LogP) is 2.53. The zero-order valence-electron chi connectivity index (χ0n) is 13.6. The van der Waals surface area contributed by atoms with Gasteiger partial charge in [-0.25, -0.2) is 4.39 Å². The van der Waals surface area contributed by atoms with E-state index < -0.39 is 11.1 Å². The lowest BCUT2D eigenvalue weighted by molar-refractivity contribution is 0.0202. The number of alkyl halides is 1. The molecule has 4 rings (SSSR count). The van der Waals surface area contributed by atoms with E-state index in [1.165, 1.54) is 5.56 Å². The number of aliphatic hydroxyl groups is 1. The molecule has 2 aliphatic heterocycles. The Labute approximate surface area is 137 Å². The Bertz CT molecular complexity index is 560. The van der Waals surface area contributed by atoms with Crippen LogP contribution in [0.15, 0.2) is 30.3 Å². The molecule has 3 atom stereocenters. The van der Waals surface area contributed by atoms with Crippen LogP contribution in [0.2, 0.25) is 0 Å². The minimum atomic E-state index is -1.21. The fraction of sp³-hybridized carbons (Fsp3) is 0.684. The van der Waals surface area contributed by atoms with E-state index in [1.54, 1.807) is 0 Å². The van der Waals surface area contributed by atoms with Crippen molar-refractivity contribution in [2.24, 2.45) is 5.41 Å². The molecule has 3 nitrogen and oxygen atoms in total. The van der Waals surface area contributed by atoms with E-state index in [0.717, 1.165) is 32.4 Å². The third-order valence-electron chi connectivity index (χ3n) is 6.50. The van der Waals surface area contributed by atoms with Crippen LogP contribution in [0, 0.1) is 5.41 Å². The van der Waals surface area contributed by atoms with Gasteiger partial charge in [-0.3, -0.25) is 4.90 Å². The first-order valence-electron chi connectivity index (χ1n) is 8.77. The van der Waals surface area contributed by atoms with Crippen LogP contribution in [0.5, 0.6) is 0 Å². The number of nitrogens with zero attached hydrogens (tertiary/aromatic N) is 1. The van der Waals surface area contributed by atoms with E-state index in [0.29, 0.717) is 26.1 Å². The summed E-state index contributed by atoms with van der Waals surface area (Å²) in [4.78, 5) is 2.25. The molecular weight excluding hydrogens is 293 g/mol. The molecule has 3 fully saturated rings. The first-order valence-corrected chi connectivity index (χ1v) is 8.77. The van der Waals surface area contributed by atoms with Crippen molar-refractivity contribution in [1.82, 2.24) is 4.90 Å². The Balaban J connectivity index is 1.58. The average Bonchev–Trinajstić information content (AvgIpc) is 3.21. The number of aliphatic hydroxyl groups excluding tert-OH is 1. The van der Waals surface area contributed by atoms with Crippen LogP contribution in [0.1, 0.15) is 31.2 Å². The lowest BCUT2D eigenvalue weighted by Crippen LogP contribution is -2.42. The maximum atomic E-state index is 15.4. The summed E-state index contributed by atoms with van der Waals surface area (Å²) in [5.41, 5.74) is -0.489. The summed E-state index contributed by atoms with van der Waals surface area (Å²) in [7, 11) is 0. The number of halogens is 1. The van der Waals surface area contributed by atoms with Crippen molar-refractivity contribution in [3.05, 3.63) is 35.9 Å². The van der Waals surface area contributed by atoms with Gasteiger partial charge in [0.25, 0.3) is 0 Å². The number of benzene rings is 1. The quantitative estimate of drug-likeness (QED) is 0.926. The zero-order valence-corrected chi connectivity index (χ0v) is 13.6. The monoisotopic (exact) mass is 319 g/mol. The molecule has 1 N–H and O–H groups in total. The Kier molecular flexibility index (Phi) is 3.74. The van der Waals surface area contributed by atoms with Gasteiger partial charge >= 0.3 is 0 Å². The van der Waals surface area contributed by atoms with E-state index in [-0.39, 0.29) is 12.0 Å². The Hall–Kier alpha value is -0.970. The summed E-state index contributed by atoms with van der Waals surface area (Å²) < 4.78 is 21.1. The van der Waals surface area contributed by atoms with Crippen LogP contribution >= 0.6 is 0 Å². The van der Waals surface area contributed by atoms with Gasteiger partial charge in [-0.05, 0) is 31.2 Å². The Morgan fingerprint density at radius 2 is 1.96 bits per heavy atom. The summed E-state index contributed by atoms with van der Waals surface area (Å²) >= 11 is 0. The van der Waals surface area contributed by atoms with Crippen LogP contribution in [0.3, 0.4) is 0 Å². The number of likely N-dealkylation sites (tertiary alicyclic amines) is 1. The SMILES string of the molecule is OC[C@]12CCC[C@@]1(F)CN(CC1(c3ccccc3)CCOC1)C2. The molecule has 3 aliphatic rings. The second-order valence-corrected chi connectivity index (χ2v) is 7.85. The number of fused-ring (bicyclic) bond motifs is 1. The fourth-order valence-corrected chi connectivity index (χ4v) is 5.16. The van der Waals surface area contributed by atoms with Gasteiger partial charge in [0.2, 0.25) is 0 Å². The van der Waals surface area contributed by atoms with E-state index in [9.17, 15) is 5.11 Å². The highest BCUT2D eigenvalue weighted by molar-refractivity contribution is 5.28. The molecule has 0 aromatic heterocycles. The molecule has 2 saturated heterocycles. The third kappa shape index (κ3) is 2.34. The Morgan fingerprint density at radius 1 is 1.13 bits per heavy atom. The van der Waals surface area contributed by atoms with Gasteiger partial charge in [-0.2, -0.15) is 0 Å². The summed E-state index contributed by atoms with van der Waals surface area (Å²) in [6.45, 7) is 3.41. The minimum absolute atomic E-state index is 0.0329. The highest BCUT2D eigenvalue weighted by Crippen LogP contribution is 2.54. The zero-order chi connectivity index (χ0) is 16.0. The second kappa shape index (κ2) is 5.54. The second-order valence-electron chi connectivity index (χ2n) is 7.85. The van der Waals surface area contributed by atoms with Gasteiger partial charge < -0.3 is 9.84 Å². The van der Waals surface area contributed by atoms with Crippen LogP contribution in [0.4, 0.5) is 4.39 Å². The molecule has 1 aliphatic carbocycles. The van der Waals surface area contributed by atoms with Gasteiger partial charge in [-0.1, -0.05) is 30.3 Å². The van der Waals surface area contributed by atoms with E-state index >= 15 is 4.39 Å². The summed E-state index contributed by atoms with van der Waals surface area (Å²) in [6.07, 6.45) is 3.29. The number of hydrogen-bond donors (Lipinski definition) is 1. The molecule has 0 amide bonds. The van der Waals surface area contributed by atoms with Crippen molar-refractivity contribution >= 4 is 0 Å². The van der Waals surface area contributed by atoms with Crippen molar-refractivity contribution in [3.8, 4) is 0 Å². The number of ether oxygens (including phenoxy) is 1. The van der Waals surface area contributed by atoms with Gasteiger partial charge in [0.15, 0.2) is 0 Å². The molecule has 0 bridgehead atoms. The van der Waals surface area contributed by atoms with E-state index in [4.69, 9.17) is 4.74 Å². The normalized spacial score (nSPS) is 40.6. The van der Waals surface area contributed by atoms with E-state index in [1.807, 2.05) is 6.07 Å². The topological polar surface area (TPSA) is 32.7 Å². The summed E-state index contributed by atoms with van der Waals surface area (Å²) in [6, 6.07) is 10.5. The van der Waals surface area contributed by atoms with Gasteiger partial charge in [0.1, 0.15) is 5.67 Å². The molecule has 2 heterocycles. The van der Waals surface area contributed by atoms with Crippen molar-refractivity contribution < 1.29 is 14.2 Å². The molecule has 1 aromatic carbocycles. The standard InChI is InChI=1S/C19H26FNO2/c20-19-8-4-7-18(19,14-22)12-21(13-19)11-17(9-10-23-15-17)16-5-2-1-3-6-16/h1-3,5-6,22H,4,7-15H2/t17?,18-,19-/m1/s1. The summed E-state index contributed by atoms with van der Waals surface area (Å²) in [5.74, 6) is 0.